The summed E-state index contributed by atoms with van der Waals surface area (Å²) in [5.74, 6) is 0.965. The Bertz CT molecular complexity index is 790. The lowest BCUT2D eigenvalue weighted by Crippen LogP contribution is -1.98. The highest BCUT2D eigenvalue weighted by atomic mass is 79.9. The van der Waals surface area contributed by atoms with E-state index in [0.717, 1.165) is 28.1 Å². The molecule has 3 nitrogen and oxygen atoms in total. The van der Waals surface area contributed by atoms with Gasteiger partial charge in [0.25, 0.3) is 0 Å². The van der Waals surface area contributed by atoms with Crippen LogP contribution in [0.4, 0.5) is 0 Å². The second-order valence-electron chi connectivity index (χ2n) is 4.95. The van der Waals surface area contributed by atoms with Gasteiger partial charge in [-0.3, -0.25) is 0 Å². The predicted octanol–water partition coefficient (Wildman–Crippen LogP) is 4.50. The first-order valence-corrected chi connectivity index (χ1v) is 7.49. The van der Waals surface area contributed by atoms with Crippen LogP contribution >= 0.6 is 15.9 Å². The van der Waals surface area contributed by atoms with Crippen LogP contribution in [0.3, 0.4) is 0 Å². The molecule has 1 aromatic carbocycles. The minimum absolute atomic E-state index is 0.832. The topological polar surface area (TPSA) is 30.7 Å². The number of fused-ring (bicyclic) bond motifs is 1. The number of imidazole rings is 1. The van der Waals surface area contributed by atoms with Gasteiger partial charge in [-0.25, -0.2) is 9.97 Å². The Labute approximate surface area is 126 Å². The second kappa shape index (κ2) is 5.02. The van der Waals surface area contributed by atoms with E-state index in [9.17, 15) is 0 Å². The van der Waals surface area contributed by atoms with Gasteiger partial charge in [0.2, 0.25) is 0 Å². The van der Waals surface area contributed by atoms with Crippen LogP contribution in [-0.2, 0) is 6.54 Å². The molecule has 3 aromatic rings. The first kappa shape index (κ1) is 13.3. The molecular weight excluding hydrogens is 314 g/mol. The van der Waals surface area contributed by atoms with E-state index >= 15 is 0 Å². The Balaban J connectivity index is 2.34. The SMILES string of the molecule is CCn1c(-c2cccnc2Br)nc2cc(C)c(C)cc21. The zero-order chi connectivity index (χ0) is 14.3. The molecule has 102 valence electrons. The lowest BCUT2D eigenvalue weighted by Gasteiger charge is -2.07. The van der Waals surface area contributed by atoms with Crippen molar-refractivity contribution >= 4 is 27.0 Å². The Morgan fingerprint density at radius 3 is 2.65 bits per heavy atom. The van der Waals surface area contributed by atoms with Crippen molar-refractivity contribution in [2.24, 2.45) is 0 Å². The van der Waals surface area contributed by atoms with E-state index in [2.05, 4.69) is 58.4 Å². The summed E-state index contributed by atoms with van der Waals surface area (Å²) in [5.41, 5.74) is 5.82. The third-order valence-electron chi connectivity index (χ3n) is 3.68. The number of halogens is 1. The van der Waals surface area contributed by atoms with E-state index in [1.807, 2.05) is 12.1 Å². The average Bonchev–Trinajstić information content (AvgIpc) is 2.77. The van der Waals surface area contributed by atoms with Gasteiger partial charge >= 0.3 is 0 Å². The molecule has 2 heterocycles. The molecule has 0 saturated carbocycles. The molecule has 0 atom stereocenters. The zero-order valence-corrected chi connectivity index (χ0v) is 13.4. The molecule has 2 aromatic heterocycles. The van der Waals surface area contributed by atoms with E-state index in [0.29, 0.717) is 0 Å². The summed E-state index contributed by atoms with van der Waals surface area (Å²) in [7, 11) is 0. The number of pyridine rings is 1. The maximum absolute atomic E-state index is 4.81. The summed E-state index contributed by atoms with van der Waals surface area (Å²) >= 11 is 3.52. The number of aryl methyl sites for hydroxylation is 3. The van der Waals surface area contributed by atoms with E-state index < -0.39 is 0 Å². The molecule has 0 saturated heterocycles. The van der Waals surface area contributed by atoms with Crippen LogP contribution in [0.2, 0.25) is 0 Å². The summed E-state index contributed by atoms with van der Waals surface area (Å²) in [4.78, 5) is 9.11. The summed E-state index contributed by atoms with van der Waals surface area (Å²) in [6.45, 7) is 7.29. The van der Waals surface area contributed by atoms with Crippen LogP contribution in [0.5, 0.6) is 0 Å². The fourth-order valence-electron chi connectivity index (χ4n) is 2.46. The molecule has 20 heavy (non-hydrogen) atoms. The molecule has 3 rings (SSSR count). The number of rotatable bonds is 2. The molecule has 0 fully saturated rings. The van der Waals surface area contributed by atoms with Crippen molar-refractivity contribution in [2.75, 3.05) is 0 Å². The normalized spacial score (nSPS) is 11.2. The fourth-order valence-corrected chi connectivity index (χ4v) is 2.89. The molecule has 0 aliphatic heterocycles. The van der Waals surface area contributed by atoms with Gasteiger partial charge in [0.1, 0.15) is 10.4 Å². The van der Waals surface area contributed by atoms with Crippen molar-refractivity contribution in [3.8, 4) is 11.4 Å². The van der Waals surface area contributed by atoms with E-state index in [4.69, 9.17) is 4.98 Å². The van der Waals surface area contributed by atoms with Crippen LogP contribution in [0.15, 0.2) is 35.1 Å². The standard InChI is InChI=1S/C16H16BrN3/c1-4-20-14-9-11(3)10(2)8-13(14)19-16(20)12-6-5-7-18-15(12)17/h5-9H,4H2,1-3H3. The Kier molecular flexibility index (Phi) is 3.34. The number of aromatic nitrogens is 3. The monoisotopic (exact) mass is 329 g/mol. The number of nitrogens with zero attached hydrogens (tertiary/aromatic N) is 3. The van der Waals surface area contributed by atoms with Crippen molar-refractivity contribution < 1.29 is 0 Å². The van der Waals surface area contributed by atoms with Gasteiger partial charge in [-0.1, -0.05) is 0 Å². The number of benzene rings is 1. The summed E-state index contributed by atoms with van der Waals surface area (Å²) in [6.07, 6.45) is 1.78. The van der Waals surface area contributed by atoms with Crippen molar-refractivity contribution in [1.29, 1.82) is 0 Å². The minimum atomic E-state index is 0.832. The Hall–Kier alpha value is -1.68. The quantitative estimate of drug-likeness (QED) is 0.648. The van der Waals surface area contributed by atoms with Crippen LogP contribution in [0.1, 0.15) is 18.1 Å². The molecule has 0 radical (unpaired) electrons. The van der Waals surface area contributed by atoms with Gasteiger partial charge in [-0.05, 0) is 72.1 Å². The Morgan fingerprint density at radius 1 is 1.20 bits per heavy atom. The maximum Gasteiger partial charge on any atom is 0.143 e. The molecule has 0 amide bonds. The van der Waals surface area contributed by atoms with E-state index in [1.54, 1.807) is 6.20 Å². The fraction of sp³-hybridized carbons (Fsp3) is 0.250. The number of hydrogen-bond acceptors (Lipinski definition) is 2. The van der Waals surface area contributed by atoms with Crippen LogP contribution in [-0.4, -0.2) is 14.5 Å². The van der Waals surface area contributed by atoms with Gasteiger partial charge in [0.15, 0.2) is 0 Å². The van der Waals surface area contributed by atoms with Gasteiger partial charge in [0, 0.05) is 12.7 Å². The van der Waals surface area contributed by atoms with Crippen molar-refractivity contribution in [1.82, 2.24) is 14.5 Å². The second-order valence-corrected chi connectivity index (χ2v) is 5.70. The molecule has 0 unspecified atom stereocenters. The van der Waals surface area contributed by atoms with Gasteiger partial charge in [-0.15, -0.1) is 0 Å². The molecule has 0 bridgehead atoms. The Morgan fingerprint density at radius 2 is 1.95 bits per heavy atom. The lowest BCUT2D eigenvalue weighted by atomic mass is 10.1. The van der Waals surface area contributed by atoms with Gasteiger partial charge in [0.05, 0.1) is 16.6 Å². The first-order valence-electron chi connectivity index (χ1n) is 6.70. The van der Waals surface area contributed by atoms with Crippen molar-refractivity contribution in [3.63, 3.8) is 0 Å². The summed E-state index contributed by atoms with van der Waals surface area (Å²) in [5, 5.41) is 0. The molecule has 0 N–H and O–H groups in total. The predicted molar refractivity (Wildman–Crippen MR) is 85.8 cm³/mol. The van der Waals surface area contributed by atoms with Crippen LogP contribution in [0.25, 0.3) is 22.4 Å². The van der Waals surface area contributed by atoms with Crippen molar-refractivity contribution in [2.45, 2.75) is 27.3 Å². The third-order valence-corrected chi connectivity index (χ3v) is 4.31. The molecule has 4 heteroatoms. The summed E-state index contributed by atoms with van der Waals surface area (Å²) < 4.78 is 3.07. The molecule has 0 aliphatic carbocycles. The smallest absolute Gasteiger partial charge is 0.143 e. The van der Waals surface area contributed by atoms with E-state index in [1.165, 1.54) is 16.6 Å². The highest BCUT2D eigenvalue weighted by molar-refractivity contribution is 9.10. The number of hydrogen-bond donors (Lipinski definition) is 0. The summed E-state index contributed by atoms with van der Waals surface area (Å²) in [6, 6.07) is 8.36. The lowest BCUT2D eigenvalue weighted by molar-refractivity contribution is 0.795. The average molecular weight is 330 g/mol. The first-order chi connectivity index (χ1) is 9.61. The largest absolute Gasteiger partial charge is 0.324 e. The molecular formula is C16H16BrN3. The molecule has 0 spiro atoms. The highest BCUT2D eigenvalue weighted by Crippen LogP contribution is 2.30. The van der Waals surface area contributed by atoms with Crippen molar-refractivity contribution in [3.05, 3.63) is 46.2 Å². The van der Waals surface area contributed by atoms with Gasteiger partial charge in [-0.2, -0.15) is 0 Å². The molecule has 0 aliphatic rings. The third kappa shape index (κ3) is 2.04. The van der Waals surface area contributed by atoms with E-state index in [-0.39, 0.29) is 0 Å². The maximum atomic E-state index is 4.81. The van der Waals surface area contributed by atoms with Crippen LogP contribution in [0, 0.1) is 13.8 Å². The minimum Gasteiger partial charge on any atom is -0.324 e. The van der Waals surface area contributed by atoms with Crippen LogP contribution < -0.4 is 0 Å². The van der Waals surface area contributed by atoms with Gasteiger partial charge < -0.3 is 4.57 Å². The highest BCUT2D eigenvalue weighted by Gasteiger charge is 2.14. The zero-order valence-electron chi connectivity index (χ0n) is 11.8.